The Labute approximate surface area is 186 Å². The minimum atomic E-state index is -4.98. The lowest BCUT2D eigenvalue weighted by Gasteiger charge is -2.20. The largest absolute Gasteiger partial charge is 0.416 e. The number of benzene rings is 1. The van der Waals surface area contributed by atoms with Gasteiger partial charge in [0.1, 0.15) is 0 Å². The summed E-state index contributed by atoms with van der Waals surface area (Å²) in [7, 11) is 0. The highest BCUT2D eigenvalue weighted by Crippen LogP contribution is 2.37. The number of hydrogen-bond donors (Lipinski definition) is 0. The number of hydrazone groups is 1. The average Bonchev–Trinajstić information content (AvgIpc) is 2.74. The highest BCUT2D eigenvalue weighted by Gasteiger charge is 2.37. The van der Waals surface area contributed by atoms with Crippen LogP contribution in [0.4, 0.5) is 30.7 Å². The fourth-order valence-electron chi connectivity index (χ4n) is 2.93. The molecule has 10 heteroatoms. The predicted molar refractivity (Wildman–Crippen MR) is 112 cm³/mol. The first kappa shape index (κ1) is 26.1. The maximum atomic E-state index is 14.0. The first-order valence-electron chi connectivity index (χ1n) is 9.86. The Kier molecular flexibility index (Phi) is 8.05. The van der Waals surface area contributed by atoms with Crippen molar-refractivity contribution >= 4 is 11.3 Å². The molecule has 0 fully saturated rings. The number of aromatic nitrogens is 1. The molecule has 0 saturated heterocycles. The van der Waals surface area contributed by atoms with Gasteiger partial charge in [-0.25, -0.2) is 9.99 Å². The monoisotopic (exact) mass is 473 g/mol. The van der Waals surface area contributed by atoms with Crippen LogP contribution in [0.2, 0.25) is 0 Å². The highest BCUT2D eigenvalue weighted by molar-refractivity contribution is 6.02. The van der Waals surface area contributed by atoms with Gasteiger partial charge in [0, 0.05) is 30.1 Å². The SMILES string of the molecule is C=CN(/C=C(\C)c1cccnc1F)/N=C(/c1cc(C(F)(F)F)cc(C(F)(F)F)c1)C(C)CC. The Morgan fingerprint density at radius 1 is 1.12 bits per heavy atom. The van der Waals surface area contributed by atoms with Gasteiger partial charge in [-0.15, -0.1) is 0 Å². The van der Waals surface area contributed by atoms with Crippen LogP contribution >= 0.6 is 0 Å². The van der Waals surface area contributed by atoms with E-state index in [1.807, 2.05) is 0 Å². The summed E-state index contributed by atoms with van der Waals surface area (Å²) in [5.41, 5.74) is -2.67. The van der Waals surface area contributed by atoms with Crippen LogP contribution in [-0.4, -0.2) is 15.7 Å². The Bertz CT molecular complexity index is 1020. The van der Waals surface area contributed by atoms with Gasteiger partial charge in [0.15, 0.2) is 0 Å². The van der Waals surface area contributed by atoms with Crippen LogP contribution < -0.4 is 0 Å². The molecule has 2 aromatic rings. The summed E-state index contributed by atoms with van der Waals surface area (Å²) >= 11 is 0. The van der Waals surface area contributed by atoms with Gasteiger partial charge in [0.05, 0.1) is 16.8 Å². The first-order valence-corrected chi connectivity index (χ1v) is 9.86. The predicted octanol–water partition coefficient (Wildman–Crippen LogP) is 7.52. The van der Waals surface area contributed by atoms with Crippen molar-refractivity contribution in [3.63, 3.8) is 0 Å². The second kappa shape index (κ2) is 10.2. The summed E-state index contributed by atoms with van der Waals surface area (Å²) in [4.78, 5) is 3.55. The minimum Gasteiger partial charge on any atom is -0.248 e. The van der Waals surface area contributed by atoms with E-state index in [0.29, 0.717) is 24.1 Å². The highest BCUT2D eigenvalue weighted by atomic mass is 19.4. The van der Waals surface area contributed by atoms with E-state index < -0.39 is 35.3 Å². The fourth-order valence-corrected chi connectivity index (χ4v) is 2.93. The molecular weight excluding hydrogens is 451 g/mol. The summed E-state index contributed by atoms with van der Waals surface area (Å²) in [6.07, 6.45) is -5.75. The topological polar surface area (TPSA) is 28.5 Å². The van der Waals surface area contributed by atoms with Gasteiger partial charge in [0.2, 0.25) is 5.95 Å². The normalized spacial score (nSPS) is 14.2. The van der Waals surface area contributed by atoms with Gasteiger partial charge in [-0.05, 0) is 54.8 Å². The van der Waals surface area contributed by atoms with Gasteiger partial charge >= 0.3 is 12.4 Å². The van der Waals surface area contributed by atoms with E-state index in [1.165, 1.54) is 30.7 Å². The van der Waals surface area contributed by atoms with Gasteiger partial charge in [0.25, 0.3) is 0 Å². The number of rotatable bonds is 7. The third-order valence-electron chi connectivity index (χ3n) is 4.88. The van der Waals surface area contributed by atoms with Crippen LogP contribution in [0.25, 0.3) is 5.57 Å². The Morgan fingerprint density at radius 3 is 2.15 bits per heavy atom. The number of allylic oxidation sites excluding steroid dienone is 1. The molecule has 0 N–H and O–H groups in total. The van der Waals surface area contributed by atoms with E-state index in [1.54, 1.807) is 20.8 Å². The molecule has 0 saturated carbocycles. The van der Waals surface area contributed by atoms with Crippen molar-refractivity contribution in [2.24, 2.45) is 11.0 Å². The molecule has 1 aromatic heterocycles. The zero-order valence-electron chi connectivity index (χ0n) is 18.1. The molecule has 178 valence electrons. The molecule has 0 spiro atoms. The number of nitrogens with zero attached hydrogens (tertiary/aromatic N) is 3. The number of alkyl halides is 6. The van der Waals surface area contributed by atoms with Crippen LogP contribution in [0, 0.1) is 11.9 Å². The fraction of sp³-hybridized carbons (Fsp3) is 0.304. The lowest BCUT2D eigenvalue weighted by Crippen LogP contribution is -2.19. The van der Waals surface area contributed by atoms with Crippen molar-refractivity contribution in [1.29, 1.82) is 0 Å². The van der Waals surface area contributed by atoms with E-state index in [9.17, 15) is 30.7 Å². The molecule has 1 unspecified atom stereocenters. The molecule has 2 rings (SSSR count). The number of halogens is 7. The Balaban J connectivity index is 2.67. The van der Waals surface area contributed by atoms with Gasteiger partial charge in [-0.1, -0.05) is 20.4 Å². The zero-order valence-corrected chi connectivity index (χ0v) is 18.1. The minimum absolute atomic E-state index is 0.00953. The van der Waals surface area contributed by atoms with Crippen LogP contribution in [0.15, 0.2) is 60.6 Å². The summed E-state index contributed by atoms with van der Waals surface area (Å²) in [5, 5.41) is 5.38. The maximum Gasteiger partial charge on any atom is 0.416 e. The van der Waals surface area contributed by atoms with E-state index in [4.69, 9.17) is 0 Å². The second-order valence-corrected chi connectivity index (χ2v) is 7.31. The van der Waals surface area contributed by atoms with Crippen LogP contribution in [0.3, 0.4) is 0 Å². The van der Waals surface area contributed by atoms with E-state index in [0.717, 1.165) is 5.01 Å². The number of hydrogen-bond acceptors (Lipinski definition) is 3. The third-order valence-corrected chi connectivity index (χ3v) is 4.88. The quantitative estimate of drug-likeness (QED) is 0.180. The van der Waals surface area contributed by atoms with Gasteiger partial charge in [-0.3, -0.25) is 0 Å². The van der Waals surface area contributed by atoms with E-state index in [-0.39, 0.29) is 22.9 Å². The molecule has 1 heterocycles. The van der Waals surface area contributed by atoms with Crippen molar-refractivity contribution in [3.8, 4) is 0 Å². The molecule has 0 radical (unpaired) electrons. The van der Waals surface area contributed by atoms with Crippen molar-refractivity contribution < 1.29 is 30.7 Å². The third kappa shape index (κ3) is 6.66. The molecule has 0 aliphatic rings. The van der Waals surface area contributed by atoms with Crippen molar-refractivity contribution in [1.82, 2.24) is 9.99 Å². The smallest absolute Gasteiger partial charge is 0.248 e. The van der Waals surface area contributed by atoms with Crippen LogP contribution in [0.5, 0.6) is 0 Å². The summed E-state index contributed by atoms with van der Waals surface area (Å²) in [6.45, 7) is 8.49. The lowest BCUT2D eigenvalue weighted by atomic mass is 9.93. The second-order valence-electron chi connectivity index (χ2n) is 7.31. The maximum absolute atomic E-state index is 14.0. The molecule has 0 amide bonds. The van der Waals surface area contributed by atoms with E-state index in [2.05, 4.69) is 16.7 Å². The number of pyridine rings is 1. The summed E-state index contributed by atoms with van der Waals surface area (Å²) in [6, 6.07) is 4.33. The molecule has 0 aliphatic carbocycles. The molecule has 33 heavy (non-hydrogen) atoms. The van der Waals surface area contributed by atoms with Crippen molar-refractivity contribution in [2.75, 3.05) is 0 Å². The molecule has 3 nitrogen and oxygen atoms in total. The van der Waals surface area contributed by atoms with Crippen LogP contribution in [-0.2, 0) is 12.4 Å². The summed E-state index contributed by atoms with van der Waals surface area (Å²) in [5.74, 6) is -1.24. The van der Waals surface area contributed by atoms with Crippen molar-refractivity contribution in [3.05, 3.63) is 83.7 Å². The molecule has 1 atom stereocenters. The Morgan fingerprint density at radius 2 is 1.70 bits per heavy atom. The lowest BCUT2D eigenvalue weighted by molar-refractivity contribution is -0.143. The van der Waals surface area contributed by atoms with Gasteiger partial charge < -0.3 is 0 Å². The molecule has 0 aliphatic heterocycles. The molecular formula is C23H22F7N3. The Hall–Kier alpha value is -3.17. The zero-order chi connectivity index (χ0) is 25.0. The van der Waals surface area contributed by atoms with Crippen molar-refractivity contribution in [2.45, 2.75) is 39.5 Å². The summed E-state index contributed by atoms with van der Waals surface area (Å²) < 4.78 is 93.9. The molecule has 0 bridgehead atoms. The van der Waals surface area contributed by atoms with Crippen LogP contribution in [0.1, 0.15) is 49.4 Å². The van der Waals surface area contributed by atoms with Gasteiger partial charge in [-0.2, -0.15) is 35.8 Å². The van der Waals surface area contributed by atoms with E-state index >= 15 is 0 Å². The average molecular weight is 473 g/mol. The first-order chi connectivity index (χ1) is 15.3. The standard InChI is InChI=1S/C23H22F7N3/c1-5-14(3)20(16-10-17(22(25,26)27)12-18(11-16)23(28,29)30)32-33(6-2)13-15(4)19-8-7-9-31-21(19)24/h6-14H,2,5H2,1,3-4H3/b15-13+,32-20+. The molecule has 1 aromatic carbocycles.